The molecule has 0 amide bonds. The Bertz CT molecular complexity index is 613. The predicted molar refractivity (Wildman–Crippen MR) is 68.6 cm³/mol. The van der Waals surface area contributed by atoms with Gasteiger partial charge in [0.2, 0.25) is 0 Å². The fourth-order valence-corrected chi connectivity index (χ4v) is 2.46. The van der Waals surface area contributed by atoms with E-state index < -0.39 is 17.3 Å². The summed E-state index contributed by atoms with van der Waals surface area (Å²) in [6.07, 6.45) is -4.81. The lowest BCUT2D eigenvalue weighted by molar-refractivity contribution is -0.137. The van der Waals surface area contributed by atoms with Gasteiger partial charge >= 0.3 is 6.18 Å². The number of alkyl halides is 3. The number of thiazole rings is 1. The number of nitrogen functional groups attached to an aromatic ring is 1. The van der Waals surface area contributed by atoms with Gasteiger partial charge in [-0.05, 0) is 6.07 Å². The normalized spacial score (nSPS) is 13.2. The Morgan fingerprint density at radius 3 is 2.65 bits per heavy atom. The van der Waals surface area contributed by atoms with E-state index in [4.69, 9.17) is 10.5 Å². The van der Waals surface area contributed by atoms with Gasteiger partial charge in [0.25, 0.3) is 0 Å². The minimum Gasteiger partial charge on any atom is -0.495 e. The Morgan fingerprint density at radius 1 is 1.40 bits per heavy atom. The topological polar surface area (TPSA) is 68.4 Å². The molecule has 1 atom stereocenters. The van der Waals surface area contributed by atoms with Crippen LogP contribution in [0.25, 0.3) is 0 Å². The molecule has 1 unspecified atom stereocenters. The zero-order chi connectivity index (χ0) is 14.9. The molecule has 0 aliphatic rings. The van der Waals surface area contributed by atoms with Crippen LogP contribution in [0, 0.1) is 0 Å². The zero-order valence-electron chi connectivity index (χ0n) is 10.3. The molecule has 2 aromatic rings. The molecular formula is C12H11F3N2O2S. The number of aliphatic hydroxyl groups excluding tert-OH is 1. The van der Waals surface area contributed by atoms with E-state index in [-0.39, 0.29) is 16.1 Å². The van der Waals surface area contributed by atoms with Crippen LogP contribution < -0.4 is 10.5 Å². The molecule has 0 saturated heterocycles. The van der Waals surface area contributed by atoms with Crippen LogP contribution in [0.15, 0.2) is 24.4 Å². The summed E-state index contributed by atoms with van der Waals surface area (Å²) in [4.78, 5) is 3.33. The standard InChI is InChI=1S/C12H11F3N2O2S/c1-19-7-4-2-3-6(9(7)16)10(18)8-5-17-11(20-8)12(13,14)15/h2-5,10,18H,16H2,1H3. The van der Waals surface area contributed by atoms with Crippen LogP contribution in [0.1, 0.15) is 21.6 Å². The maximum Gasteiger partial charge on any atom is 0.443 e. The van der Waals surface area contributed by atoms with E-state index in [0.29, 0.717) is 17.1 Å². The smallest absolute Gasteiger partial charge is 0.443 e. The minimum atomic E-state index is -4.53. The Hall–Kier alpha value is -1.80. The van der Waals surface area contributed by atoms with Gasteiger partial charge in [-0.1, -0.05) is 12.1 Å². The second-order valence-electron chi connectivity index (χ2n) is 3.93. The third-order valence-electron chi connectivity index (χ3n) is 2.65. The molecule has 20 heavy (non-hydrogen) atoms. The van der Waals surface area contributed by atoms with Crippen molar-refractivity contribution in [3.63, 3.8) is 0 Å². The van der Waals surface area contributed by atoms with Crippen LogP contribution in [-0.4, -0.2) is 17.2 Å². The number of aromatic nitrogens is 1. The highest BCUT2D eigenvalue weighted by Gasteiger charge is 2.35. The largest absolute Gasteiger partial charge is 0.495 e. The number of anilines is 1. The van der Waals surface area contributed by atoms with Crippen molar-refractivity contribution in [2.45, 2.75) is 12.3 Å². The first-order valence-corrected chi connectivity index (χ1v) is 6.29. The molecule has 108 valence electrons. The lowest BCUT2D eigenvalue weighted by atomic mass is 10.1. The van der Waals surface area contributed by atoms with Crippen LogP contribution >= 0.6 is 11.3 Å². The number of hydrogen-bond acceptors (Lipinski definition) is 5. The maximum atomic E-state index is 12.5. The van der Waals surface area contributed by atoms with Crippen molar-refractivity contribution in [3.8, 4) is 5.75 Å². The average Bonchev–Trinajstić information content (AvgIpc) is 2.87. The van der Waals surface area contributed by atoms with E-state index in [2.05, 4.69) is 4.98 Å². The average molecular weight is 304 g/mol. The Labute approximate surface area is 116 Å². The molecule has 4 nitrogen and oxygen atoms in total. The highest BCUT2D eigenvalue weighted by atomic mass is 32.1. The molecule has 0 fully saturated rings. The van der Waals surface area contributed by atoms with Crippen molar-refractivity contribution in [1.29, 1.82) is 0 Å². The third kappa shape index (κ3) is 2.70. The van der Waals surface area contributed by atoms with Crippen LogP contribution in [-0.2, 0) is 6.18 Å². The number of rotatable bonds is 3. The molecule has 0 bridgehead atoms. The minimum absolute atomic E-state index is 0.0669. The van der Waals surface area contributed by atoms with Gasteiger partial charge in [0, 0.05) is 11.8 Å². The Kier molecular flexibility index (Phi) is 3.87. The first-order chi connectivity index (χ1) is 9.34. The van der Waals surface area contributed by atoms with Crippen molar-refractivity contribution in [1.82, 2.24) is 4.98 Å². The number of nitrogens with two attached hydrogens (primary N) is 1. The summed E-state index contributed by atoms with van der Waals surface area (Å²) >= 11 is 0.382. The van der Waals surface area contributed by atoms with Gasteiger partial charge in [0.1, 0.15) is 11.9 Å². The van der Waals surface area contributed by atoms with Gasteiger partial charge in [-0.2, -0.15) is 13.2 Å². The number of nitrogens with zero attached hydrogens (tertiary/aromatic N) is 1. The number of halogens is 3. The van der Waals surface area contributed by atoms with E-state index in [9.17, 15) is 18.3 Å². The summed E-state index contributed by atoms with van der Waals surface area (Å²) in [6.45, 7) is 0. The predicted octanol–water partition coefficient (Wildman–Crippen LogP) is 2.83. The summed E-state index contributed by atoms with van der Waals surface area (Å²) in [5.41, 5.74) is 6.27. The molecule has 0 aliphatic heterocycles. The van der Waals surface area contributed by atoms with Crippen molar-refractivity contribution >= 4 is 17.0 Å². The molecule has 0 saturated carbocycles. The molecule has 2 rings (SSSR count). The summed E-state index contributed by atoms with van der Waals surface area (Å²) in [6, 6.07) is 4.72. The molecule has 1 aromatic carbocycles. The fourth-order valence-electron chi connectivity index (χ4n) is 1.67. The fraction of sp³-hybridized carbons (Fsp3) is 0.250. The SMILES string of the molecule is COc1cccc(C(O)c2cnc(C(F)(F)F)s2)c1N. The number of hydrogen-bond donors (Lipinski definition) is 2. The van der Waals surface area contributed by atoms with E-state index in [1.807, 2.05) is 0 Å². The van der Waals surface area contributed by atoms with Crippen LogP contribution in [0.5, 0.6) is 5.75 Å². The zero-order valence-corrected chi connectivity index (χ0v) is 11.1. The third-order valence-corrected chi connectivity index (χ3v) is 3.74. The highest BCUT2D eigenvalue weighted by Crippen LogP contribution is 2.38. The lowest BCUT2D eigenvalue weighted by Crippen LogP contribution is -2.04. The Morgan fingerprint density at radius 2 is 2.10 bits per heavy atom. The first kappa shape index (κ1) is 14.6. The second kappa shape index (κ2) is 5.29. The van der Waals surface area contributed by atoms with Gasteiger partial charge in [-0.15, -0.1) is 11.3 Å². The van der Waals surface area contributed by atoms with Gasteiger partial charge in [0.15, 0.2) is 5.01 Å². The van der Waals surface area contributed by atoms with Crippen molar-refractivity contribution in [3.05, 3.63) is 39.8 Å². The van der Waals surface area contributed by atoms with Gasteiger partial charge in [0.05, 0.1) is 17.7 Å². The van der Waals surface area contributed by atoms with Gasteiger partial charge in [-0.3, -0.25) is 0 Å². The van der Waals surface area contributed by atoms with Gasteiger partial charge in [-0.25, -0.2) is 4.98 Å². The summed E-state index contributed by atoms with van der Waals surface area (Å²) < 4.78 is 42.5. The molecule has 0 aliphatic carbocycles. The van der Waals surface area contributed by atoms with Crippen LogP contribution in [0.3, 0.4) is 0 Å². The molecule has 0 radical (unpaired) electrons. The van der Waals surface area contributed by atoms with E-state index in [1.165, 1.54) is 13.2 Å². The Balaban J connectivity index is 2.37. The monoisotopic (exact) mass is 304 g/mol. The highest BCUT2D eigenvalue weighted by molar-refractivity contribution is 7.11. The van der Waals surface area contributed by atoms with E-state index >= 15 is 0 Å². The summed E-state index contributed by atoms with van der Waals surface area (Å²) in [7, 11) is 1.41. The number of para-hydroxylation sites is 1. The first-order valence-electron chi connectivity index (χ1n) is 5.48. The van der Waals surface area contributed by atoms with Crippen molar-refractivity contribution in [2.75, 3.05) is 12.8 Å². The number of methoxy groups -OCH3 is 1. The number of benzene rings is 1. The maximum absolute atomic E-state index is 12.5. The van der Waals surface area contributed by atoms with Crippen molar-refractivity contribution < 1.29 is 23.0 Å². The van der Waals surface area contributed by atoms with Crippen LogP contribution in [0.4, 0.5) is 18.9 Å². The second-order valence-corrected chi connectivity index (χ2v) is 4.99. The van der Waals surface area contributed by atoms with Crippen molar-refractivity contribution in [2.24, 2.45) is 0 Å². The molecule has 8 heteroatoms. The van der Waals surface area contributed by atoms with Crippen LogP contribution in [0.2, 0.25) is 0 Å². The number of ether oxygens (including phenoxy) is 1. The summed E-state index contributed by atoms with van der Waals surface area (Å²) in [5.74, 6) is 0.349. The molecule has 1 heterocycles. The quantitative estimate of drug-likeness (QED) is 0.856. The molecule has 3 N–H and O–H groups in total. The molecule has 1 aromatic heterocycles. The molecule has 0 spiro atoms. The number of aliphatic hydroxyl groups is 1. The summed E-state index contributed by atoms with van der Waals surface area (Å²) in [5, 5.41) is 9.13. The molecular weight excluding hydrogens is 293 g/mol. The van der Waals surface area contributed by atoms with E-state index in [0.717, 1.165) is 6.20 Å². The lowest BCUT2D eigenvalue weighted by Gasteiger charge is -2.14. The van der Waals surface area contributed by atoms with Gasteiger partial charge < -0.3 is 15.6 Å². The van der Waals surface area contributed by atoms with E-state index in [1.54, 1.807) is 12.1 Å².